The molecule has 0 bridgehead atoms. The number of hydrogen-bond donors (Lipinski definition) is 0. The molecule has 0 fully saturated rings. The van der Waals surface area contributed by atoms with Gasteiger partial charge in [-0.15, -0.1) is 0 Å². The molecule has 1 aliphatic rings. The Balaban J connectivity index is 2.75. The molecule has 0 saturated heterocycles. The molecule has 62 valence electrons. The lowest BCUT2D eigenvalue weighted by Gasteiger charge is -2.03. The molecule has 12 heavy (non-hydrogen) atoms. The second-order valence-electron chi connectivity index (χ2n) is 2.65. The standard InChI is InChI=1S/C9H5BrF2/c10-7-4-8(11)5-2-1-3-6(5)9(7)12/h1,3-4H,2H2. The van der Waals surface area contributed by atoms with Crippen molar-refractivity contribution < 1.29 is 8.78 Å². The van der Waals surface area contributed by atoms with Crippen molar-refractivity contribution in [3.05, 3.63) is 39.4 Å². The van der Waals surface area contributed by atoms with Gasteiger partial charge in [-0.2, -0.15) is 0 Å². The van der Waals surface area contributed by atoms with Crippen LogP contribution >= 0.6 is 15.9 Å². The first-order valence-electron chi connectivity index (χ1n) is 3.53. The minimum absolute atomic E-state index is 0.185. The summed E-state index contributed by atoms with van der Waals surface area (Å²) in [5.74, 6) is -0.719. The van der Waals surface area contributed by atoms with Crippen molar-refractivity contribution in [3.63, 3.8) is 0 Å². The monoisotopic (exact) mass is 230 g/mol. The third kappa shape index (κ3) is 1.00. The van der Waals surface area contributed by atoms with Crippen molar-refractivity contribution in [2.45, 2.75) is 6.42 Å². The van der Waals surface area contributed by atoms with E-state index in [0.717, 1.165) is 0 Å². The lowest BCUT2D eigenvalue weighted by atomic mass is 10.1. The smallest absolute Gasteiger partial charge is 0.145 e. The fourth-order valence-corrected chi connectivity index (χ4v) is 1.74. The molecule has 0 radical (unpaired) electrons. The molecule has 1 aliphatic carbocycles. The molecule has 3 heteroatoms. The SMILES string of the molecule is Fc1cc(Br)c(F)c2c1CC=C2. The molecule has 1 aromatic rings. The quantitative estimate of drug-likeness (QED) is 0.601. The summed E-state index contributed by atoms with van der Waals surface area (Å²) < 4.78 is 26.5. The van der Waals surface area contributed by atoms with Crippen LogP contribution < -0.4 is 0 Å². The third-order valence-corrected chi connectivity index (χ3v) is 2.50. The molecule has 0 atom stereocenters. The zero-order valence-corrected chi connectivity index (χ0v) is 7.66. The van der Waals surface area contributed by atoms with Crippen LogP contribution in [-0.2, 0) is 6.42 Å². The number of fused-ring (bicyclic) bond motifs is 1. The highest BCUT2D eigenvalue weighted by Crippen LogP contribution is 2.30. The summed E-state index contributed by atoms with van der Waals surface area (Å²) in [7, 11) is 0. The summed E-state index contributed by atoms with van der Waals surface area (Å²) in [6.45, 7) is 0. The Morgan fingerprint density at radius 1 is 1.33 bits per heavy atom. The summed E-state index contributed by atoms with van der Waals surface area (Å²) in [5, 5.41) is 0. The van der Waals surface area contributed by atoms with Gasteiger partial charge in [-0.25, -0.2) is 8.78 Å². The van der Waals surface area contributed by atoms with Gasteiger partial charge < -0.3 is 0 Å². The van der Waals surface area contributed by atoms with Crippen LogP contribution in [0, 0.1) is 11.6 Å². The zero-order chi connectivity index (χ0) is 8.72. The van der Waals surface area contributed by atoms with E-state index in [2.05, 4.69) is 15.9 Å². The normalized spacial score (nSPS) is 13.6. The van der Waals surface area contributed by atoms with E-state index in [4.69, 9.17) is 0 Å². The molecule has 0 unspecified atom stereocenters. The predicted molar refractivity (Wildman–Crippen MR) is 46.8 cm³/mol. The van der Waals surface area contributed by atoms with Gasteiger partial charge in [0.15, 0.2) is 0 Å². The minimum Gasteiger partial charge on any atom is -0.207 e. The Hall–Kier alpha value is -0.700. The maximum Gasteiger partial charge on any atom is 0.145 e. The number of hydrogen-bond acceptors (Lipinski definition) is 0. The molecule has 0 heterocycles. The summed E-state index contributed by atoms with van der Waals surface area (Å²) in [4.78, 5) is 0. The topological polar surface area (TPSA) is 0 Å². The van der Waals surface area contributed by atoms with E-state index in [9.17, 15) is 8.78 Å². The van der Waals surface area contributed by atoms with Crippen LogP contribution in [0.4, 0.5) is 8.78 Å². The average Bonchev–Trinajstić information content (AvgIpc) is 2.48. The molecule has 1 aromatic carbocycles. The van der Waals surface area contributed by atoms with Crippen LogP contribution in [0.15, 0.2) is 16.6 Å². The van der Waals surface area contributed by atoms with Crippen LogP contribution in [0.3, 0.4) is 0 Å². The van der Waals surface area contributed by atoms with E-state index in [1.165, 1.54) is 6.07 Å². The third-order valence-electron chi connectivity index (χ3n) is 1.92. The van der Waals surface area contributed by atoms with E-state index in [1.807, 2.05) is 0 Å². The van der Waals surface area contributed by atoms with Crippen molar-refractivity contribution in [1.29, 1.82) is 0 Å². The summed E-state index contributed by atoms with van der Waals surface area (Å²) in [6, 6.07) is 1.17. The number of halogens is 3. The van der Waals surface area contributed by atoms with Crippen molar-refractivity contribution in [3.8, 4) is 0 Å². The van der Waals surface area contributed by atoms with E-state index < -0.39 is 0 Å². The fraction of sp³-hybridized carbons (Fsp3) is 0.111. The Labute approximate surface area is 77.0 Å². The van der Waals surface area contributed by atoms with Crippen molar-refractivity contribution in [2.75, 3.05) is 0 Å². The van der Waals surface area contributed by atoms with Gasteiger partial charge >= 0.3 is 0 Å². The van der Waals surface area contributed by atoms with Gasteiger partial charge in [0, 0.05) is 11.1 Å². The molecule has 0 aromatic heterocycles. The van der Waals surface area contributed by atoms with Crippen LogP contribution in [0.5, 0.6) is 0 Å². The maximum absolute atomic E-state index is 13.2. The number of benzene rings is 1. The molecule has 0 aliphatic heterocycles. The van der Waals surface area contributed by atoms with Gasteiger partial charge in [0.2, 0.25) is 0 Å². The van der Waals surface area contributed by atoms with Crippen LogP contribution in [-0.4, -0.2) is 0 Å². The number of allylic oxidation sites excluding steroid dienone is 1. The predicted octanol–water partition coefficient (Wildman–Crippen LogP) is 3.30. The van der Waals surface area contributed by atoms with Gasteiger partial charge in [-0.1, -0.05) is 12.2 Å². The molecule has 0 spiro atoms. The van der Waals surface area contributed by atoms with Gasteiger partial charge in [-0.05, 0) is 28.4 Å². The lowest BCUT2D eigenvalue weighted by Crippen LogP contribution is -1.93. The van der Waals surface area contributed by atoms with E-state index >= 15 is 0 Å². The summed E-state index contributed by atoms with van der Waals surface area (Å²) in [5.41, 5.74) is 0.831. The van der Waals surface area contributed by atoms with Crippen LogP contribution in [0.1, 0.15) is 11.1 Å². The molecular formula is C9H5BrF2. The van der Waals surface area contributed by atoms with Gasteiger partial charge in [-0.3, -0.25) is 0 Å². The second-order valence-corrected chi connectivity index (χ2v) is 3.51. The van der Waals surface area contributed by atoms with E-state index in [-0.39, 0.29) is 16.1 Å². The second kappa shape index (κ2) is 2.66. The van der Waals surface area contributed by atoms with Gasteiger partial charge in [0.25, 0.3) is 0 Å². The van der Waals surface area contributed by atoms with Crippen molar-refractivity contribution in [1.82, 2.24) is 0 Å². The minimum atomic E-state index is -0.375. The zero-order valence-electron chi connectivity index (χ0n) is 6.07. The lowest BCUT2D eigenvalue weighted by molar-refractivity contribution is 0.583. The first kappa shape index (κ1) is 7.92. The van der Waals surface area contributed by atoms with Gasteiger partial charge in [0.05, 0.1) is 4.47 Å². The molecule has 0 N–H and O–H groups in total. The first-order chi connectivity index (χ1) is 5.70. The van der Waals surface area contributed by atoms with Gasteiger partial charge in [0.1, 0.15) is 11.6 Å². The Kier molecular flexibility index (Phi) is 1.76. The highest BCUT2D eigenvalue weighted by molar-refractivity contribution is 9.10. The van der Waals surface area contributed by atoms with E-state index in [0.29, 0.717) is 17.5 Å². The maximum atomic E-state index is 13.2. The Bertz CT molecular complexity index is 369. The Morgan fingerprint density at radius 2 is 2.08 bits per heavy atom. The van der Waals surface area contributed by atoms with Crippen LogP contribution in [0.2, 0.25) is 0 Å². The Morgan fingerprint density at radius 3 is 2.83 bits per heavy atom. The highest BCUT2D eigenvalue weighted by Gasteiger charge is 2.17. The average molecular weight is 231 g/mol. The largest absolute Gasteiger partial charge is 0.207 e. The number of rotatable bonds is 0. The first-order valence-corrected chi connectivity index (χ1v) is 4.32. The fourth-order valence-electron chi connectivity index (χ4n) is 1.33. The molecule has 0 saturated carbocycles. The van der Waals surface area contributed by atoms with E-state index in [1.54, 1.807) is 12.2 Å². The van der Waals surface area contributed by atoms with Crippen molar-refractivity contribution in [2.24, 2.45) is 0 Å². The summed E-state index contributed by atoms with van der Waals surface area (Å²) in [6.07, 6.45) is 3.85. The van der Waals surface area contributed by atoms with Crippen LogP contribution in [0.25, 0.3) is 6.08 Å². The highest BCUT2D eigenvalue weighted by atomic mass is 79.9. The summed E-state index contributed by atoms with van der Waals surface area (Å²) >= 11 is 2.95. The molecule has 0 amide bonds. The van der Waals surface area contributed by atoms with Crippen molar-refractivity contribution >= 4 is 22.0 Å². The molecule has 2 rings (SSSR count). The molecule has 0 nitrogen and oxygen atoms in total. The molecular weight excluding hydrogens is 226 g/mol.